The lowest BCUT2D eigenvalue weighted by Crippen LogP contribution is -2.31. The highest BCUT2D eigenvalue weighted by molar-refractivity contribution is 5.80. The van der Waals surface area contributed by atoms with Gasteiger partial charge >= 0.3 is 5.76 Å². The zero-order valence-corrected chi connectivity index (χ0v) is 22.7. The van der Waals surface area contributed by atoms with Gasteiger partial charge < -0.3 is 5.11 Å². The summed E-state index contributed by atoms with van der Waals surface area (Å²) in [7, 11) is 0. The predicted molar refractivity (Wildman–Crippen MR) is 153 cm³/mol. The first-order chi connectivity index (χ1) is 20.4. The molecule has 0 fully saturated rings. The summed E-state index contributed by atoms with van der Waals surface area (Å²) in [6, 6.07) is 20.9. The molecule has 10 nitrogen and oxygen atoms in total. The molecule has 11 heteroatoms. The van der Waals surface area contributed by atoms with Crippen LogP contribution in [0.15, 0.2) is 93.2 Å². The number of aromatic nitrogens is 6. The SMILES string of the molecule is CCCc1c(Cc2ccc(-c3ccccc3-c3noc(=O)[nH]3)cc2)c(=O)n(CC(O)c2ccc(F)cc2)c2ncnn12. The molecule has 1 atom stereocenters. The third-order valence-electron chi connectivity index (χ3n) is 7.24. The van der Waals surface area contributed by atoms with Crippen molar-refractivity contribution in [3.05, 3.63) is 128 Å². The normalized spacial score (nSPS) is 12.2. The van der Waals surface area contributed by atoms with E-state index in [9.17, 15) is 19.1 Å². The number of aliphatic hydroxyl groups is 1. The first-order valence-corrected chi connectivity index (χ1v) is 13.6. The molecule has 0 amide bonds. The second-order valence-electron chi connectivity index (χ2n) is 9.99. The number of aromatic amines is 1. The monoisotopic (exact) mass is 566 g/mol. The summed E-state index contributed by atoms with van der Waals surface area (Å²) in [5.41, 5.74) is 4.96. The Kier molecular flexibility index (Phi) is 7.32. The Morgan fingerprint density at radius 3 is 2.43 bits per heavy atom. The summed E-state index contributed by atoms with van der Waals surface area (Å²) in [6.45, 7) is 1.97. The maximum Gasteiger partial charge on any atom is 0.439 e. The molecule has 0 saturated heterocycles. The molecule has 3 heterocycles. The molecule has 0 aliphatic carbocycles. The Labute approximate surface area is 238 Å². The van der Waals surface area contributed by atoms with Crippen LogP contribution in [0.4, 0.5) is 4.39 Å². The lowest BCUT2D eigenvalue weighted by molar-refractivity contribution is 0.156. The van der Waals surface area contributed by atoms with Crippen LogP contribution in [-0.4, -0.2) is 34.4 Å². The smallest absolute Gasteiger partial charge is 0.387 e. The largest absolute Gasteiger partial charge is 0.439 e. The summed E-state index contributed by atoms with van der Waals surface area (Å²) in [4.78, 5) is 32.4. The van der Waals surface area contributed by atoms with Gasteiger partial charge in [0.2, 0.25) is 5.78 Å². The number of aliphatic hydroxyl groups excluding tert-OH is 1. The molecule has 2 N–H and O–H groups in total. The fourth-order valence-corrected chi connectivity index (χ4v) is 5.21. The molecule has 6 aromatic rings. The van der Waals surface area contributed by atoms with E-state index < -0.39 is 17.7 Å². The Hall–Kier alpha value is -5.16. The minimum Gasteiger partial charge on any atom is -0.387 e. The molecule has 0 spiro atoms. The minimum absolute atomic E-state index is 0.0636. The number of hydrogen-bond donors (Lipinski definition) is 2. The van der Waals surface area contributed by atoms with Crippen molar-refractivity contribution in [1.29, 1.82) is 0 Å². The fraction of sp³-hybridized carbons (Fsp3) is 0.194. The molecule has 3 aromatic carbocycles. The van der Waals surface area contributed by atoms with Gasteiger partial charge in [-0.3, -0.25) is 18.9 Å². The van der Waals surface area contributed by atoms with Crippen molar-refractivity contribution in [2.75, 3.05) is 0 Å². The predicted octanol–water partition coefficient (Wildman–Crippen LogP) is 4.32. The number of nitrogens with one attached hydrogen (secondary N) is 1. The van der Waals surface area contributed by atoms with Gasteiger partial charge in [0, 0.05) is 17.5 Å². The minimum atomic E-state index is -1.05. The summed E-state index contributed by atoms with van der Waals surface area (Å²) in [5.74, 6) is -0.352. The van der Waals surface area contributed by atoms with Gasteiger partial charge in [0.15, 0.2) is 5.82 Å². The average molecular weight is 567 g/mol. The maximum atomic E-state index is 14.0. The number of aryl methyl sites for hydroxylation is 1. The molecule has 0 aliphatic rings. The van der Waals surface area contributed by atoms with Crippen LogP contribution < -0.4 is 11.3 Å². The van der Waals surface area contributed by atoms with Crippen molar-refractivity contribution in [2.24, 2.45) is 0 Å². The van der Waals surface area contributed by atoms with E-state index in [0.717, 1.165) is 34.4 Å². The van der Waals surface area contributed by atoms with Crippen molar-refractivity contribution < 1.29 is 14.0 Å². The highest BCUT2D eigenvalue weighted by atomic mass is 19.1. The number of benzene rings is 3. The second-order valence-corrected chi connectivity index (χ2v) is 9.99. The molecule has 212 valence electrons. The van der Waals surface area contributed by atoms with Gasteiger partial charge in [-0.15, -0.1) is 0 Å². The van der Waals surface area contributed by atoms with Crippen LogP contribution in [-0.2, 0) is 19.4 Å². The maximum absolute atomic E-state index is 14.0. The van der Waals surface area contributed by atoms with Gasteiger partial charge in [0.05, 0.1) is 18.3 Å². The van der Waals surface area contributed by atoms with E-state index in [1.807, 2.05) is 55.5 Å². The number of fused-ring (bicyclic) bond motifs is 1. The number of halogens is 1. The molecule has 3 aromatic heterocycles. The molecule has 0 aliphatic heterocycles. The van der Waals surface area contributed by atoms with Crippen molar-refractivity contribution in [3.8, 4) is 22.5 Å². The van der Waals surface area contributed by atoms with Crippen LogP contribution in [0, 0.1) is 5.82 Å². The summed E-state index contributed by atoms with van der Waals surface area (Å²) in [6.07, 6.45) is 2.10. The first-order valence-electron chi connectivity index (χ1n) is 13.6. The van der Waals surface area contributed by atoms with Gasteiger partial charge in [-0.2, -0.15) is 10.1 Å². The topological polar surface area (TPSA) is 131 Å². The number of H-pyrrole nitrogens is 1. The average Bonchev–Trinajstić information content (AvgIpc) is 3.67. The molecule has 1 unspecified atom stereocenters. The Morgan fingerprint density at radius 2 is 1.74 bits per heavy atom. The number of hydrogen-bond acceptors (Lipinski definition) is 7. The third-order valence-corrected chi connectivity index (χ3v) is 7.24. The molecular weight excluding hydrogens is 539 g/mol. The lowest BCUT2D eigenvalue weighted by Gasteiger charge is -2.18. The van der Waals surface area contributed by atoms with Gasteiger partial charge in [-0.25, -0.2) is 13.7 Å². The van der Waals surface area contributed by atoms with E-state index in [0.29, 0.717) is 35.6 Å². The Balaban J connectivity index is 1.36. The third kappa shape index (κ3) is 5.17. The van der Waals surface area contributed by atoms with Crippen LogP contribution >= 0.6 is 0 Å². The second kappa shape index (κ2) is 11.4. The Bertz CT molecular complexity index is 1970. The van der Waals surface area contributed by atoms with Crippen molar-refractivity contribution in [2.45, 2.75) is 38.8 Å². The summed E-state index contributed by atoms with van der Waals surface area (Å²) in [5, 5.41) is 19.1. The zero-order chi connectivity index (χ0) is 29.2. The molecule has 0 bridgehead atoms. The van der Waals surface area contributed by atoms with Crippen molar-refractivity contribution in [3.63, 3.8) is 0 Å². The van der Waals surface area contributed by atoms with Crippen molar-refractivity contribution in [1.82, 2.24) is 29.3 Å². The quantitative estimate of drug-likeness (QED) is 0.267. The van der Waals surface area contributed by atoms with Crippen molar-refractivity contribution >= 4 is 5.78 Å². The first kappa shape index (κ1) is 27.0. The summed E-state index contributed by atoms with van der Waals surface area (Å²) < 4.78 is 21.2. The van der Waals surface area contributed by atoms with Gasteiger partial charge in [0.1, 0.15) is 12.1 Å². The lowest BCUT2D eigenvalue weighted by atomic mass is 9.96. The molecule has 42 heavy (non-hydrogen) atoms. The van der Waals surface area contributed by atoms with E-state index >= 15 is 0 Å². The van der Waals surface area contributed by atoms with Gasteiger partial charge in [-0.05, 0) is 40.8 Å². The van der Waals surface area contributed by atoms with Gasteiger partial charge in [0.25, 0.3) is 5.56 Å². The molecule has 0 radical (unpaired) electrons. The molecule has 0 saturated carbocycles. The molecular formula is C31H27FN6O4. The van der Waals surface area contributed by atoms with Crippen LogP contribution in [0.5, 0.6) is 0 Å². The van der Waals surface area contributed by atoms with E-state index in [2.05, 4.69) is 20.2 Å². The standard InChI is InChI=1S/C31H27FN6O4/c1-2-5-26-25(29(40)37(30-33-18-34-38(26)30)17-27(39)21-12-14-22(32)15-13-21)16-19-8-10-20(11-9-19)23-6-3-4-7-24(23)28-35-31(41)42-36-28/h3-4,6-15,18,27,39H,2,5,16-17H2,1H3,(H,35,36,41). The van der Waals surface area contributed by atoms with Crippen LogP contribution in [0.1, 0.15) is 41.8 Å². The van der Waals surface area contributed by atoms with Gasteiger partial charge in [-0.1, -0.05) is 79.2 Å². The fourth-order valence-electron chi connectivity index (χ4n) is 5.21. The zero-order valence-electron chi connectivity index (χ0n) is 22.7. The van der Waals surface area contributed by atoms with E-state index in [4.69, 9.17) is 4.52 Å². The van der Waals surface area contributed by atoms with E-state index in [1.165, 1.54) is 35.2 Å². The summed E-state index contributed by atoms with van der Waals surface area (Å²) >= 11 is 0. The highest BCUT2D eigenvalue weighted by Gasteiger charge is 2.21. The number of nitrogens with zero attached hydrogens (tertiary/aromatic N) is 5. The van der Waals surface area contributed by atoms with Crippen LogP contribution in [0.3, 0.4) is 0 Å². The molecule has 6 rings (SSSR count). The number of rotatable bonds is 9. The Morgan fingerprint density at radius 1 is 1.00 bits per heavy atom. The van der Waals surface area contributed by atoms with E-state index in [-0.39, 0.29) is 12.1 Å². The van der Waals surface area contributed by atoms with E-state index in [1.54, 1.807) is 4.52 Å². The van der Waals surface area contributed by atoms with Crippen LogP contribution in [0.2, 0.25) is 0 Å². The van der Waals surface area contributed by atoms with Crippen LogP contribution in [0.25, 0.3) is 28.3 Å². The highest BCUT2D eigenvalue weighted by Crippen LogP contribution is 2.30.